The molecular weight excluding hydrogens is 888 g/mol. The van der Waals surface area contributed by atoms with Crippen molar-refractivity contribution in [1.82, 2.24) is 45.6 Å². The van der Waals surface area contributed by atoms with Gasteiger partial charge in [0, 0.05) is 42.0 Å². The van der Waals surface area contributed by atoms with Gasteiger partial charge in [0.1, 0.15) is 0 Å². The van der Waals surface area contributed by atoms with Crippen molar-refractivity contribution in [2.24, 2.45) is 11.8 Å². The minimum Gasteiger partial charge on any atom is -0.481 e. The van der Waals surface area contributed by atoms with E-state index in [-0.39, 0.29) is 24.5 Å². The van der Waals surface area contributed by atoms with Crippen molar-refractivity contribution < 1.29 is 25.1 Å². The first-order valence-electron chi connectivity index (χ1n) is 21.1. The highest BCUT2D eigenvalue weighted by molar-refractivity contribution is 6.45. The van der Waals surface area contributed by atoms with Crippen molar-refractivity contribution in [3.8, 4) is 22.5 Å². The summed E-state index contributed by atoms with van der Waals surface area (Å²) in [6.45, 7) is 3.90. The van der Waals surface area contributed by atoms with Crippen molar-refractivity contribution in [3.63, 3.8) is 0 Å². The highest BCUT2D eigenvalue weighted by atomic mass is 35.5. The number of hydrogen-bond acceptors (Lipinski definition) is 11. The molecule has 2 unspecified atom stereocenters. The standard InChI is InChI=1S/C22H27Cl2N5O2.C16H14Cl2N2O2.C6H14N2O.CH4/c1-28-10-6-15(7-11-28)29(31)22(30)27-18(12-14-2-3-14)16-4-5-17(21(24)20(16)23)19-13-25-8-9-26-19;17-14-10(12(16(21)22)7-9-1-2-9)3-4-11(15(14)18)13-8-19-5-6-20-13;1-8-4-2-6(7-9)3-5-8;/h4-5,8-9,13-15,18,31H,2-3,6-7,10-12H2,1H3,(H,27,30);3-6,8-9,12H,1-2,7H2,(H,21,22);6-7,9H,2-5H2,1H3;1H4. The van der Waals surface area contributed by atoms with Crippen LogP contribution >= 0.6 is 46.4 Å². The number of aliphatic carboxylic acids is 1. The summed E-state index contributed by atoms with van der Waals surface area (Å²) >= 11 is 25.9. The van der Waals surface area contributed by atoms with Gasteiger partial charge in [0.15, 0.2) is 0 Å². The van der Waals surface area contributed by atoms with Crippen LogP contribution in [0, 0.1) is 11.8 Å². The van der Waals surface area contributed by atoms with Crippen LogP contribution in [0.1, 0.15) is 94.7 Å². The van der Waals surface area contributed by atoms with Crippen molar-refractivity contribution in [1.29, 1.82) is 0 Å². The molecule has 2 aliphatic carbocycles. The normalized spacial score (nSPS) is 18.1. The number of piperidine rings is 2. The number of rotatable bonds is 12. The molecule has 4 heterocycles. The van der Waals surface area contributed by atoms with E-state index in [4.69, 9.17) is 51.6 Å². The summed E-state index contributed by atoms with van der Waals surface area (Å²) in [4.78, 5) is 45.5. The number of carboxylic acids is 1. The molecule has 2 atom stereocenters. The minimum absolute atomic E-state index is 0. The molecule has 2 aromatic heterocycles. The Kier molecular flexibility index (Phi) is 19.2. The average Bonchev–Trinajstić information content (AvgIpc) is 4.24. The SMILES string of the molecule is C.CN1CCC(N(O)C(=O)NC(CC2CC2)c2ccc(-c3cnccn3)c(Cl)c2Cl)CC1.CN1CCC(NO)CC1.O=C(O)C(CC1CC1)c1ccc(-c2cnccn2)c(Cl)c1Cl. The fourth-order valence-corrected chi connectivity index (χ4v) is 8.83. The lowest BCUT2D eigenvalue weighted by atomic mass is 9.92. The number of amides is 2. The second-order valence-electron chi connectivity index (χ2n) is 16.7. The number of hydroxylamine groups is 3. The number of carbonyl (C=O) groups excluding carboxylic acids is 1. The largest absolute Gasteiger partial charge is 0.481 e. The van der Waals surface area contributed by atoms with Crippen molar-refractivity contribution in [3.05, 3.63) is 92.7 Å². The third kappa shape index (κ3) is 14.1. The molecule has 14 nitrogen and oxygen atoms in total. The molecule has 2 saturated heterocycles. The molecule has 4 aliphatic rings. The molecule has 2 saturated carbocycles. The molecule has 63 heavy (non-hydrogen) atoms. The Morgan fingerprint density at radius 3 is 1.65 bits per heavy atom. The fraction of sp³-hybridized carbons (Fsp3) is 0.511. The van der Waals surface area contributed by atoms with Gasteiger partial charge >= 0.3 is 12.0 Å². The van der Waals surface area contributed by atoms with E-state index in [2.05, 4.69) is 47.6 Å². The Balaban J connectivity index is 0.000000203. The maximum atomic E-state index is 12.9. The molecule has 5 N–H and O–H groups in total. The first-order valence-corrected chi connectivity index (χ1v) is 22.6. The maximum absolute atomic E-state index is 12.9. The number of likely N-dealkylation sites (tertiary alicyclic amines) is 2. The molecule has 342 valence electrons. The number of halogens is 4. The smallest absolute Gasteiger partial charge is 0.341 e. The Hall–Kier alpha value is -3.70. The minimum atomic E-state index is -0.864. The lowest BCUT2D eigenvalue weighted by Gasteiger charge is -2.34. The van der Waals surface area contributed by atoms with Crippen LogP contribution in [0.15, 0.2) is 61.4 Å². The Labute approximate surface area is 390 Å². The van der Waals surface area contributed by atoms with Crippen LogP contribution in [0.3, 0.4) is 0 Å². The van der Waals surface area contributed by atoms with Crippen LogP contribution in [0.25, 0.3) is 22.5 Å². The number of nitrogens with one attached hydrogen (secondary N) is 2. The highest BCUT2D eigenvalue weighted by Gasteiger charge is 2.34. The molecule has 0 bridgehead atoms. The van der Waals surface area contributed by atoms with Gasteiger partial charge in [-0.05, 0) is 102 Å². The van der Waals surface area contributed by atoms with E-state index in [0.717, 1.165) is 94.6 Å². The van der Waals surface area contributed by atoms with Gasteiger partial charge in [-0.25, -0.2) is 15.3 Å². The van der Waals surface area contributed by atoms with Crippen LogP contribution in [0.4, 0.5) is 4.79 Å². The van der Waals surface area contributed by atoms with Crippen LogP contribution in [0.5, 0.6) is 0 Å². The van der Waals surface area contributed by atoms with E-state index in [1.165, 1.54) is 0 Å². The average molecular weight is 948 g/mol. The zero-order valence-electron chi connectivity index (χ0n) is 34.9. The zero-order valence-corrected chi connectivity index (χ0v) is 38.0. The predicted molar refractivity (Wildman–Crippen MR) is 248 cm³/mol. The topological polar surface area (TPSA) is 180 Å². The second-order valence-corrected chi connectivity index (χ2v) is 18.2. The van der Waals surface area contributed by atoms with Gasteiger partial charge in [0.05, 0.1) is 61.9 Å². The first kappa shape index (κ1) is 50.3. The number of aromatic nitrogens is 4. The van der Waals surface area contributed by atoms with Gasteiger partial charge in [-0.3, -0.25) is 29.9 Å². The molecule has 0 spiro atoms. The van der Waals surface area contributed by atoms with Crippen LogP contribution in [-0.4, -0.2) is 115 Å². The molecule has 2 aromatic carbocycles. The fourth-order valence-electron chi connectivity index (χ4n) is 7.70. The third-order valence-corrected chi connectivity index (χ3v) is 13.7. The van der Waals surface area contributed by atoms with Crippen molar-refractivity contribution in [2.75, 3.05) is 40.3 Å². The van der Waals surface area contributed by atoms with E-state index in [0.29, 0.717) is 67.4 Å². The quantitative estimate of drug-likeness (QED) is 0.0671. The molecule has 4 aromatic rings. The lowest BCUT2D eigenvalue weighted by Crippen LogP contribution is -2.49. The molecule has 4 fully saturated rings. The highest BCUT2D eigenvalue weighted by Crippen LogP contribution is 2.45. The summed E-state index contributed by atoms with van der Waals surface area (Å²) in [6.07, 6.45) is 19.0. The molecular formula is C45H59Cl4N9O5. The number of carbonyl (C=O) groups is 2. The lowest BCUT2D eigenvalue weighted by molar-refractivity contribution is -0.139. The molecule has 8 rings (SSSR count). The molecule has 2 amide bonds. The van der Waals surface area contributed by atoms with Gasteiger partial charge in [-0.2, -0.15) is 0 Å². The van der Waals surface area contributed by atoms with Gasteiger partial charge < -0.3 is 25.4 Å². The zero-order chi connectivity index (χ0) is 44.3. The Morgan fingerprint density at radius 1 is 0.714 bits per heavy atom. The number of hydrogen-bond donors (Lipinski definition) is 5. The summed E-state index contributed by atoms with van der Waals surface area (Å²) in [6, 6.07) is 6.55. The predicted octanol–water partition coefficient (Wildman–Crippen LogP) is 9.90. The number of carboxylic acid groups (broad SMARTS) is 1. The molecule has 0 radical (unpaired) electrons. The van der Waals surface area contributed by atoms with Gasteiger partial charge in [0.2, 0.25) is 0 Å². The maximum Gasteiger partial charge on any atom is 0.341 e. The van der Waals surface area contributed by atoms with Gasteiger partial charge in [-0.15, -0.1) is 0 Å². The first-order chi connectivity index (χ1) is 29.8. The molecule has 18 heteroatoms. The van der Waals surface area contributed by atoms with E-state index in [1.54, 1.807) is 49.3 Å². The van der Waals surface area contributed by atoms with Crippen LogP contribution in [-0.2, 0) is 4.79 Å². The third-order valence-electron chi connectivity index (χ3n) is 11.9. The summed E-state index contributed by atoms with van der Waals surface area (Å²) in [5, 5.41) is 33.7. The second kappa shape index (κ2) is 24.0. The number of urea groups is 1. The summed E-state index contributed by atoms with van der Waals surface area (Å²) in [5.74, 6) is -0.462. The van der Waals surface area contributed by atoms with Crippen molar-refractivity contribution >= 4 is 58.4 Å². The summed E-state index contributed by atoms with van der Waals surface area (Å²) in [5.41, 5.74) is 6.19. The van der Waals surface area contributed by atoms with E-state index in [1.807, 2.05) is 19.2 Å². The van der Waals surface area contributed by atoms with E-state index < -0.39 is 17.9 Å². The van der Waals surface area contributed by atoms with Crippen LogP contribution < -0.4 is 10.8 Å². The monoisotopic (exact) mass is 945 g/mol. The Morgan fingerprint density at radius 2 is 1.19 bits per heavy atom. The van der Waals surface area contributed by atoms with E-state index in [9.17, 15) is 19.9 Å². The summed E-state index contributed by atoms with van der Waals surface area (Å²) < 4.78 is 0. The summed E-state index contributed by atoms with van der Waals surface area (Å²) in [7, 11) is 4.15. The van der Waals surface area contributed by atoms with Crippen molar-refractivity contribution in [2.45, 2.75) is 95.7 Å². The van der Waals surface area contributed by atoms with Gasteiger partial charge in [-0.1, -0.05) is 104 Å². The molecule has 2 aliphatic heterocycles. The van der Waals surface area contributed by atoms with E-state index >= 15 is 0 Å². The number of nitrogens with zero attached hydrogens (tertiary/aromatic N) is 7. The number of benzene rings is 2. The van der Waals surface area contributed by atoms with Crippen LogP contribution in [0.2, 0.25) is 20.1 Å². The Bertz CT molecular complexity index is 2090. The van der Waals surface area contributed by atoms with Gasteiger partial charge in [0.25, 0.3) is 0 Å².